The van der Waals surface area contributed by atoms with Crippen molar-refractivity contribution in [2.24, 2.45) is 0 Å². The number of carbonyl (C=O) groups is 2. The zero-order chi connectivity index (χ0) is 19.9. The number of unbranched alkanes of at least 4 members (excludes halogenated alkanes) is 5. The first kappa shape index (κ1) is 22.5. The van der Waals surface area contributed by atoms with Crippen LogP contribution in [0.3, 0.4) is 0 Å². The molecule has 0 aliphatic rings. The Morgan fingerprint density at radius 1 is 0.889 bits per heavy atom. The van der Waals surface area contributed by atoms with Crippen LogP contribution in [0.25, 0.3) is 0 Å². The Hall–Kier alpha value is -2.56. The molecule has 5 nitrogen and oxygen atoms in total. The van der Waals surface area contributed by atoms with Crippen LogP contribution in [-0.2, 0) is 9.47 Å². The monoisotopic (exact) mass is 374 g/mol. The van der Waals surface area contributed by atoms with E-state index in [4.69, 9.17) is 14.2 Å². The van der Waals surface area contributed by atoms with Crippen LogP contribution in [0.4, 0.5) is 0 Å². The van der Waals surface area contributed by atoms with E-state index in [9.17, 15) is 9.59 Å². The van der Waals surface area contributed by atoms with Gasteiger partial charge in [0, 0.05) is 0 Å². The van der Waals surface area contributed by atoms with E-state index < -0.39 is 11.9 Å². The molecular formula is C22H30O5. The molecule has 0 spiro atoms. The number of benzene rings is 1. The van der Waals surface area contributed by atoms with Crippen LogP contribution in [0.2, 0.25) is 0 Å². The minimum Gasteiger partial charge on any atom is -0.494 e. The first-order valence-electron chi connectivity index (χ1n) is 9.46. The van der Waals surface area contributed by atoms with E-state index in [1.54, 1.807) is 6.07 Å². The summed E-state index contributed by atoms with van der Waals surface area (Å²) in [5.41, 5.74) is 0.254. The lowest BCUT2D eigenvalue weighted by Crippen LogP contribution is -2.14. The molecule has 0 heterocycles. The topological polar surface area (TPSA) is 61.8 Å². The van der Waals surface area contributed by atoms with E-state index in [0.29, 0.717) is 12.4 Å². The fourth-order valence-corrected chi connectivity index (χ4v) is 2.46. The standard InChI is InChI=1S/C22H30O5/c1-4-7-8-9-10-11-16-25-18-12-13-19(21(23)26-14-5-2)20(17-18)22(24)27-15-6-3/h5-6,12-13,17H,2-4,7-11,14-16H2,1H3. The number of hydrogen-bond acceptors (Lipinski definition) is 5. The van der Waals surface area contributed by atoms with Crippen molar-refractivity contribution in [3.05, 3.63) is 54.6 Å². The minimum absolute atomic E-state index is 0.0584. The fraction of sp³-hybridized carbons (Fsp3) is 0.455. The smallest absolute Gasteiger partial charge is 0.339 e. The third-order valence-electron chi connectivity index (χ3n) is 3.86. The third kappa shape index (κ3) is 8.58. The molecule has 0 aromatic heterocycles. The summed E-state index contributed by atoms with van der Waals surface area (Å²) in [6.07, 6.45) is 9.92. The highest BCUT2D eigenvalue weighted by Gasteiger charge is 2.20. The van der Waals surface area contributed by atoms with E-state index in [1.165, 1.54) is 50.0 Å². The highest BCUT2D eigenvalue weighted by molar-refractivity contribution is 6.03. The van der Waals surface area contributed by atoms with Gasteiger partial charge in [0.15, 0.2) is 0 Å². The summed E-state index contributed by atoms with van der Waals surface area (Å²) in [6, 6.07) is 4.70. The maximum atomic E-state index is 12.3. The van der Waals surface area contributed by atoms with Crippen LogP contribution in [0.5, 0.6) is 5.75 Å². The second-order valence-corrected chi connectivity index (χ2v) is 6.10. The molecule has 0 unspecified atom stereocenters. The number of rotatable bonds is 14. The van der Waals surface area contributed by atoms with Crippen LogP contribution < -0.4 is 4.74 Å². The Morgan fingerprint density at radius 2 is 1.48 bits per heavy atom. The van der Waals surface area contributed by atoms with Gasteiger partial charge < -0.3 is 14.2 Å². The molecule has 0 N–H and O–H groups in total. The van der Waals surface area contributed by atoms with Crippen molar-refractivity contribution in [2.45, 2.75) is 45.4 Å². The lowest BCUT2D eigenvalue weighted by atomic mass is 10.1. The maximum absolute atomic E-state index is 12.3. The van der Waals surface area contributed by atoms with Crippen LogP contribution in [0.1, 0.15) is 66.2 Å². The minimum atomic E-state index is -0.620. The Bertz CT molecular complexity index is 621. The first-order valence-corrected chi connectivity index (χ1v) is 9.46. The van der Waals surface area contributed by atoms with Crippen LogP contribution in [0.15, 0.2) is 43.5 Å². The van der Waals surface area contributed by atoms with Gasteiger partial charge in [0.25, 0.3) is 0 Å². The van der Waals surface area contributed by atoms with Gasteiger partial charge in [-0.2, -0.15) is 0 Å². The second-order valence-electron chi connectivity index (χ2n) is 6.10. The zero-order valence-electron chi connectivity index (χ0n) is 16.2. The lowest BCUT2D eigenvalue weighted by molar-refractivity contribution is 0.0502. The number of carbonyl (C=O) groups excluding carboxylic acids is 2. The van der Waals surface area contributed by atoms with Crippen molar-refractivity contribution < 1.29 is 23.8 Å². The Balaban J connectivity index is 2.74. The molecule has 0 radical (unpaired) electrons. The van der Waals surface area contributed by atoms with Gasteiger partial charge in [-0.15, -0.1) is 0 Å². The molecule has 0 bridgehead atoms. The van der Waals surface area contributed by atoms with Crippen molar-refractivity contribution in [3.8, 4) is 5.75 Å². The van der Waals surface area contributed by atoms with Gasteiger partial charge in [0.2, 0.25) is 0 Å². The average molecular weight is 374 g/mol. The largest absolute Gasteiger partial charge is 0.494 e. The second kappa shape index (κ2) is 13.6. The van der Waals surface area contributed by atoms with Gasteiger partial charge in [0.1, 0.15) is 19.0 Å². The van der Waals surface area contributed by atoms with Crippen molar-refractivity contribution in [2.75, 3.05) is 19.8 Å². The van der Waals surface area contributed by atoms with E-state index >= 15 is 0 Å². The van der Waals surface area contributed by atoms with Crippen LogP contribution in [0, 0.1) is 0 Å². The lowest BCUT2D eigenvalue weighted by Gasteiger charge is -2.12. The Kier molecular flexibility index (Phi) is 11.3. The molecule has 0 aliphatic carbocycles. The molecule has 1 rings (SSSR count). The summed E-state index contributed by atoms with van der Waals surface area (Å²) >= 11 is 0. The normalized spacial score (nSPS) is 10.1. The van der Waals surface area contributed by atoms with Gasteiger partial charge in [0.05, 0.1) is 17.7 Å². The van der Waals surface area contributed by atoms with Crippen LogP contribution in [-0.4, -0.2) is 31.8 Å². The van der Waals surface area contributed by atoms with Crippen molar-refractivity contribution in [1.82, 2.24) is 0 Å². The number of hydrogen-bond donors (Lipinski definition) is 0. The first-order chi connectivity index (χ1) is 13.1. The molecule has 0 saturated heterocycles. The predicted octanol–water partition coefficient (Wildman–Crippen LogP) is 5.11. The highest BCUT2D eigenvalue weighted by atomic mass is 16.5. The number of esters is 2. The van der Waals surface area contributed by atoms with E-state index in [2.05, 4.69) is 20.1 Å². The molecule has 27 heavy (non-hydrogen) atoms. The summed E-state index contributed by atoms with van der Waals surface area (Å²) in [6.45, 7) is 9.90. The van der Waals surface area contributed by atoms with E-state index in [-0.39, 0.29) is 24.3 Å². The van der Waals surface area contributed by atoms with Gasteiger partial charge in [-0.3, -0.25) is 0 Å². The maximum Gasteiger partial charge on any atom is 0.339 e. The predicted molar refractivity (Wildman–Crippen MR) is 106 cm³/mol. The van der Waals surface area contributed by atoms with Gasteiger partial charge in [-0.1, -0.05) is 64.3 Å². The van der Waals surface area contributed by atoms with Gasteiger partial charge >= 0.3 is 11.9 Å². The fourth-order valence-electron chi connectivity index (χ4n) is 2.46. The molecule has 0 fully saturated rings. The highest BCUT2D eigenvalue weighted by Crippen LogP contribution is 2.21. The SMILES string of the molecule is C=CCOC(=O)c1ccc(OCCCCCCCC)cc1C(=O)OCC=C. The average Bonchev–Trinajstić information content (AvgIpc) is 2.69. The van der Waals surface area contributed by atoms with Crippen molar-refractivity contribution >= 4 is 11.9 Å². The van der Waals surface area contributed by atoms with Gasteiger partial charge in [-0.05, 0) is 24.6 Å². The van der Waals surface area contributed by atoms with E-state index in [1.807, 2.05) is 0 Å². The summed E-state index contributed by atoms with van der Waals surface area (Å²) in [4.78, 5) is 24.4. The molecule has 1 aromatic carbocycles. The third-order valence-corrected chi connectivity index (χ3v) is 3.86. The molecule has 0 amide bonds. The quantitative estimate of drug-likeness (QED) is 0.257. The molecule has 0 saturated carbocycles. The molecule has 0 atom stereocenters. The number of ether oxygens (including phenoxy) is 3. The Labute approximate surface area is 162 Å². The summed E-state index contributed by atoms with van der Waals surface area (Å²) in [5.74, 6) is -0.706. The van der Waals surface area contributed by atoms with Crippen LogP contribution >= 0.6 is 0 Å². The zero-order valence-corrected chi connectivity index (χ0v) is 16.2. The van der Waals surface area contributed by atoms with Crippen molar-refractivity contribution in [1.29, 1.82) is 0 Å². The van der Waals surface area contributed by atoms with Crippen molar-refractivity contribution in [3.63, 3.8) is 0 Å². The molecule has 0 aliphatic heterocycles. The molecule has 5 heteroatoms. The summed E-state index contributed by atoms with van der Waals surface area (Å²) < 4.78 is 15.8. The molecule has 148 valence electrons. The van der Waals surface area contributed by atoms with E-state index in [0.717, 1.165) is 12.8 Å². The molecular weight excluding hydrogens is 344 g/mol. The van der Waals surface area contributed by atoms with Gasteiger partial charge in [-0.25, -0.2) is 9.59 Å². The summed E-state index contributed by atoms with van der Waals surface area (Å²) in [7, 11) is 0. The summed E-state index contributed by atoms with van der Waals surface area (Å²) in [5, 5.41) is 0. The Morgan fingerprint density at radius 3 is 2.11 bits per heavy atom. The molecule has 1 aromatic rings.